The van der Waals surface area contributed by atoms with Gasteiger partial charge in [0.1, 0.15) is 6.04 Å². The minimum absolute atomic E-state index is 0.148. The van der Waals surface area contributed by atoms with Crippen molar-refractivity contribution in [3.63, 3.8) is 0 Å². The lowest BCUT2D eigenvalue weighted by Crippen LogP contribution is -3.11. The quantitative estimate of drug-likeness (QED) is 0.266. The molecule has 0 fully saturated rings. The first-order valence-corrected chi connectivity index (χ1v) is 11.8. The van der Waals surface area contributed by atoms with Crippen LogP contribution in [0.1, 0.15) is 17.2 Å². The SMILES string of the molecule is CN1C(c2ccccc2)C(OCCI)=C(c2ccccc2)[NH+]1C.COS(=O)(=O)[O-]. The van der Waals surface area contributed by atoms with Crippen LogP contribution in [0.4, 0.5) is 0 Å². The van der Waals surface area contributed by atoms with E-state index in [1.54, 1.807) is 0 Å². The molecule has 0 spiro atoms. The molecule has 1 aliphatic rings. The number of quaternary nitrogens is 1. The molecule has 2 aromatic rings. The first-order chi connectivity index (χ1) is 13.8. The van der Waals surface area contributed by atoms with Crippen LogP contribution in [0.2, 0.25) is 0 Å². The van der Waals surface area contributed by atoms with Gasteiger partial charge in [-0.25, -0.2) is 13.4 Å². The molecule has 0 aromatic heterocycles. The second-order valence-corrected chi connectivity index (χ2v) is 8.46. The predicted molar refractivity (Wildman–Crippen MR) is 119 cm³/mol. The first kappa shape index (κ1) is 23.8. The molecular weight excluding hydrogens is 507 g/mol. The van der Waals surface area contributed by atoms with Gasteiger partial charge in [0.05, 0.1) is 20.8 Å². The molecule has 158 valence electrons. The highest BCUT2D eigenvalue weighted by molar-refractivity contribution is 14.1. The van der Waals surface area contributed by atoms with E-state index in [2.05, 4.69) is 107 Å². The van der Waals surface area contributed by atoms with E-state index < -0.39 is 10.4 Å². The van der Waals surface area contributed by atoms with Crippen molar-refractivity contribution >= 4 is 38.7 Å². The van der Waals surface area contributed by atoms with Crippen molar-refractivity contribution in [3.8, 4) is 0 Å². The van der Waals surface area contributed by atoms with Gasteiger partial charge in [0.25, 0.3) is 0 Å². The number of alkyl halides is 1. The van der Waals surface area contributed by atoms with Crippen molar-refractivity contribution in [2.24, 2.45) is 0 Å². The van der Waals surface area contributed by atoms with Gasteiger partial charge in [-0.15, -0.1) is 5.01 Å². The molecule has 0 aliphatic carbocycles. The van der Waals surface area contributed by atoms with Crippen molar-refractivity contribution in [1.82, 2.24) is 5.01 Å². The zero-order valence-electron chi connectivity index (χ0n) is 16.5. The summed E-state index contributed by atoms with van der Waals surface area (Å²) < 4.78 is 38.2. The molecule has 0 amide bonds. The lowest BCUT2D eigenvalue weighted by Gasteiger charge is -2.23. The van der Waals surface area contributed by atoms with E-state index in [1.807, 2.05) is 0 Å². The van der Waals surface area contributed by atoms with Crippen LogP contribution in [0.15, 0.2) is 66.4 Å². The van der Waals surface area contributed by atoms with Crippen LogP contribution in [0.5, 0.6) is 0 Å². The third kappa shape index (κ3) is 6.49. The Labute approximate surface area is 186 Å². The Bertz CT molecular complexity index is 907. The Kier molecular flexibility index (Phi) is 9.05. The molecule has 0 bridgehead atoms. The van der Waals surface area contributed by atoms with Gasteiger partial charge in [0.2, 0.25) is 10.4 Å². The second kappa shape index (κ2) is 11.0. The summed E-state index contributed by atoms with van der Waals surface area (Å²) in [6.07, 6.45) is 0. The largest absolute Gasteiger partial charge is 0.726 e. The van der Waals surface area contributed by atoms with Gasteiger partial charge < -0.3 is 9.29 Å². The average Bonchev–Trinajstić information content (AvgIpc) is 2.97. The zero-order valence-corrected chi connectivity index (χ0v) is 19.5. The van der Waals surface area contributed by atoms with Crippen LogP contribution in [-0.2, 0) is 19.3 Å². The summed E-state index contributed by atoms with van der Waals surface area (Å²) in [5.74, 6) is 1.07. The van der Waals surface area contributed by atoms with Gasteiger partial charge in [0.15, 0.2) is 11.5 Å². The van der Waals surface area contributed by atoms with Crippen molar-refractivity contribution in [2.75, 3.05) is 32.2 Å². The van der Waals surface area contributed by atoms with E-state index in [4.69, 9.17) is 4.74 Å². The Morgan fingerprint density at radius 3 is 2.10 bits per heavy atom. The van der Waals surface area contributed by atoms with Crippen molar-refractivity contribution in [3.05, 3.63) is 77.5 Å². The van der Waals surface area contributed by atoms with Gasteiger partial charge in [0, 0.05) is 17.0 Å². The number of benzene rings is 2. The number of hydrogen-bond acceptors (Lipinski definition) is 6. The number of nitrogens with one attached hydrogen (secondary N) is 1. The maximum atomic E-state index is 9.22. The molecular formula is C20H25IN2O5S. The van der Waals surface area contributed by atoms with Crippen LogP contribution in [0.25, 0.3) is 5.70 Å². The molecule has 0 saturated carbocycles. The zero-order chi connectivity index (χ0) is 21.4. The Balaban J connectivity index is 0.000000438. The van der Waals surface area contributed by atoms with Crippen LogP contribution < -0.4 is 5.01 Å². The second-order valence-electron chi connectivity index (χ2n) is 6.23. The Morgan fingerprint density at radius 1 is 1.10 bits per heavy atom. The summed E-state index contributed by atoms with van der Waals surface area (Å²) in [4.78, 5) is 0. The molecule has 29 heavy (non-hydrogen) atoms. The van der Waals surface area contributed by atoms with Gasteiger partial charge in [-0.05, 0) is 17.7 Å². The maximum Gasteiger partial charge on any atom is 0.217 e. The third-order valence-electron chi connectivity index (χ3n) is 4.49. The summed E-state index contributed by atoms with van der Waals surface area (Å²) in [6, 6.07) is 21.3. The Hall–Kier alpha value is -1.50. The van der Waals surface area contributed by atoms with Gasteiger partial charge in [-0.2, -0.15) is 0 Å². The number of likely N-dealkylation sites (N-methyl/N-ethyl adjacent to an activating group) is 1. The highest BCUT2D eigenvalue weighted by Gasteiger charge is 2.42. The van der Waals surface area contributed by atoms with Crippen molar-refractivity contribution in [1.29, 1.82) is 0 Å². The molecule has 1 aliphatic heterocycles. The topological polar surface area (TPSA) is 83.3 Å². The minimum Gasteiger partial charge on any atom is -0.726 e. The van der Waals surface area contributed by atoms with E-state index in [1.165, 1.54) is 21.8 Å². The first-order valence-electron chi connectivity index (χ1n) is 8.91. The fourth-order valence-electron chi connectivity index (χ4n) is 3.13. The summed E-state index contributed by atoms with van der Waals surface area (Å²) in [5.41, 5.74) is 3.72. The van der Waals surface area contributed by atoms with Crippen molar-refractivity contribution < 1.29 is 26.9 Å². The lowest BCUT2D eigenvalue weighted by atomic mass is 10.0. The molecule has 0 radical (unpaired) electrons. The van der Waals surface area contributed by atoms with Gasteiger partial charge in [-0.1, -0.05) is 71.1 Å². The highest BCUT2D eigenvalue weighted by Crippen LogP contribution is 2.34. The molecule has 1 N–H and O–H groups in total. The number of nitrogens with zero attached hydrogens (tertiary/aromatic N) is 1. The standard InChI is InChI=1S/C19H21IN2O.CH4O4S/c1-21-17(15-9-5-3-6-10-15)19(23-14-13-20)18(22(21)2)16-11-7-4-8-12-16;1-5-6(2,3)4/h3-12,17H,13-14H2,1-2H3;1H3,(H,2,3,4). The number of rotatable bonds is 6. The predicted octanol–water partition coefficient (Wildman–Crippen LogP) is 2.02. The van der Waals surface area contributed by atoms with Gasteiger partial charge >= 0.3 is 0 Å². The summed E-state index contributed by atoms with van der Waals surface area (Å²) in [5, 5.41) is 3.58. The van der Waals surface area contributed by atoms with E-state index >= 15 is 0 Å². The molecule has 0 saturated heterocycles. The molecule has 3 rings (SSSR count). The Morgan fingerprint density at radius 2 is 1.62 bits per heavy atom. The number of hydrogen-bond donors (Lipinski definition) is 1. The number of ether oxygens (including phenoxy) is 1. The normalized spacial score (nSPS) is 19.6. The van der Waals surface area contributed by atoms with Crippen LogP contribution >= 0.6 is 22.6 Å². The molecule has 2 atom stereocenters. The van der Waals surface area contributed by atoms with E-state index in [0.29, 0.717) is 0 Å². The summed E-state index contributed by atoms with van der Waals surface area (Å²) in [7, 11) is 0.724. The molecule has 1 heterocycles. The van der Waals surface area contributed by atoms with Crippen LogP contribution in [-0.4, -0.2) is 50.2 Å². The van der Waals surface area contributed by atoms with E-state index in [9.17, 15) is 13.0 Å². The van der Waals surface area contributed by atoms with Crippen LogP contribution in [0.3, 0.4) is 0 Å². The summed E-state index contributed by atoms with van der Waals surface area (Å²) in [6.45, 7) is 0.733. The average molecular weight is 532 g/mol. The molecule has 9 heteroatoms. The minimum atomic E-state index is -4.41. The lowest BCUT2D eigenvalue weighted by molar-refractivity contribution is -0.928. The number of halogens is 1. The third-order valence-corrected chi connectivity index (χ3v) is 5.34. The smallest absolute Gasteiger partial charge is 0.217 e. The molecule has 2 aromatic carbocycles. The van der Waals surface area contributed by atoms with E-state index in [0.717, 1.165) is 23.9 Å². The highest BCUT2D eigenvalue weighted by atomic mass is 127. The monoisotopic (exact) mass is 532 g/mol. The fourth-order valence-corrected chi connectivity index (χ4v) is 3.35. The summed E-state index contributed by atoms with van der Waals surface area (Å²) >= 11 is 2.36. The molecule has 2 unspecified atom stereocenters. The van der Waals surface area contributed by atoms with Crippen LogP contribution in [0, 0.1) is 0 Å². The van der Waals surface area contributed by atoms with Crippen molar-refractivity contribution in [2.45, 2.75) is 6.04 Å². The maximum absolute atomic E-state index is 9.22. The van der Waals surface area contributed by atoms with E-state index in [-0.39, 0.29) is 6.04 Å². The fraction of sp³-hybridized carbons (Fsp3) is 0.300. The molecule has 7 nitrogen and oxygen atoms in total. The van der Waals surface area contributed by atoms with Gasteiger partial charge in [-0.3, -0.25) is 4.18 Å².